The van der Waals surface area contributed by atoms with Gasteiger partial charge in [-0.15, -0.1) is 0 Å². The fourth-order valence-electron chi connectivity index (χ4n) is 2.50. The van der Waals surface area contributed by atoms with E-state index in [9.17, 15) is 9.59 Å². The standard InChI is InChI=1S/C15H20BrN3O2/c16-13-3-1-11(2-4-13)9-19(10-14(17)20)15(21)7-12-5-6-18-8-12/h1-4,12,18H,5-10H2,(H2,17,20). The summed E-state index contributed by atoms with van der Waals surface area (Å²) in [5.41, 5.74) is 6.25. The lowest BCUT2D eigenvalue weighted by atomic mass is 10.0. The lowest BCUT2D eigenvalue weighted by molar-refractivity contribution is -0.136. The second kappa shape index (κ2) is 7.56. The highest BCUT2D eigenvalue weighted by Crippen LogP contribution is 2.16. The molecule has 6 heteroatoms. The number of hydrogen-bond acceptors (Lipinski definition) is 3. The predicted molar refractivity (Wildman–Crippen MR) is 84.3 cm³/mol. The van der Waals surface area contributed by atoms with Gasteiger partial charge in [0.1, 0.15) is 0 Å². The summed E-state index contributed by atoms with van der Waals surface area (Å²) in [6.07, 6.45) is 1.48. The highest BCUT2D eigenvalue weighted by Gasteiger charge is 2.23. The van der Waals surface area contributed by atoms with E-state index in [2.05, 4.69) is 21.2 Å². The number of carbonyl (C=O) groups excluding carboxylic acids is 2. The van der Waals surface area contributed by atoms with E-state index < -0.39 is 5.91 Å². The van der Waals surface area contributed by atoms with Crippen LogP contribution in [0.5, 0.6) is 0 Å². The molecule has 1 fully saturated rings. The molecule has 1 aliphatic rings. The Morgan fingerprint density at radius 2 is 2.05 bits per heavy atom. The Labute approximate surface area is 133 Å². The third-order valence-corrected chi connectivity index (χ3v) is 4.14. The van der Waals surface area contributed by atoms with E-state index in [-0.39, 0.29) is 12.5 Å². The Hall–Kier alpha value is -1.40. The summed E-state index contributed by atoms with van der Waals surface area (Å²) in [5.74, 6) is -0.131. The van der Waals surface area contributed by atoms with Gasteiger partial charge >= 0.3 is 0 Å². The molecule has 0 spiro atoms. The summed E-state index contributed by atoms with van der Waals surface area (Å²) in [7, 11) is 0. The van der Waals surface area contributed by atoms with E-state index in [1.807, 2.05) is 24.3 Å². The van der Waals surface area contributed by atoms with Crippen LogP contribution < -0.4 is 11.1 Å². The van der Waals surface area contributed by atoms with Gasteiger partial charge in [-0.3, -0.25) is 9.59 Å². The minimum absolute atomic E-state index is 0.00887. The van der Waals surface area contributed by atoms with Crippen LogP contribution >= 0.6 is 15.9 Å². The van der Waals surface area contributed by atoms with Crippen molar-refractivity contribution in [1.29, 1.82) is 0 Å². The minimum Gasteiger partial charge on any atom is -0.368 e. The van der Waals surface area contributed by atoms with Gasteiger partial charge in [0.25, 0.3) is 0 Å². The van der Waals surface area contributed by atoms with Crippen molar-refractivity contribution < 1.29 is 9.59 Å². The Kier molecular flexibility index (Phi) is 5.76. The molecule has 1 aliphatic heterocycles. The molecule has 0 radical (unpaired) electrons. The van der Waals surface area contributed by atoms with Crippen LogP contribution in [0.3, 0.4) is 0 Å². The van der Waals surface area contributed by atoms with Gasteiger partial charge in [-0.05, 0) is 43.1 Å². The molecule has 2 amide bonds. The molecule has 0 bridgehead atoms. The van der Waals surface area contributed by atoms with Crippen molar-refractivity contribution >= 4 is 27.7 Å². The van der Waals surface area contributed by atoms with Crippen LogP contribution in [0.1, 0.15) is 18.4 Å². The normalized spacial score (nSPS) is 17.7. The van der Waals surface area contributed by atoms with E-state index in [1.54, 1.807) is 4.90 Å². The van der Waals surface area contributed by atoms with Crippen molar-refractivity contribution in [3.63, 3.8) is 0 Å². The van der Waals surface area contributed by atoms with Gasteiger partial charge in [-0.1, -0.05) is 28.1 Å². The number of carbonyl (C=O) groups is 2. The van der Waals surface area contributed by atoms with E-state index in [0.29, 0.717) is 18.9 Å². The Balaban J connectivity index is 2.00. The van der Waals surface area contributed by atoms with Crippen LogP contribution in [0, 0.1) is 5.92 Å². The van der Waals surface area contributed by atoms with Crippen LogP contribution in [0.2, 0.25) is 0 Å². The molecular weight excluding hydrogens is 334 g/mol. The maximum atomic E-state index is 12.4. The highest BCUT2D eigenvalue weighted by atomic mass is 79.9. The van der Waals surface area contributed by atoms with Gasteiger partial charge in [0.2, 0.25) is 11.8 Å². The van der Waals surface area contributed by atoms with E-state index >= 15 is 0 Å². The number of primary amides is 1. The van der Waals surface area contributed by atoms with Gasteiger partial charge in [0.15, 0.2) is 0 Å². The van der Waals surface area contributed by atoms with Crippen molar-refractivity contribution in [2.24, 2.45) is 11.7 Å². The minimum atomic E-state index is -0.481. The molecule has 0 saturated carbocycles. The van der Waals surface area contributed by atoms with E-state index in [0.717, 1.165) is 29.5 Å². The van der Waals surface area contributed by atoms with Gasteiger partial charge in [0, 0.05) is 17.4 Å². The van der Waals surface area contributed by atoms with E-state index in [1.165, 1.54) is 0 Å². The van der Waals surface area contributed by atoms with Crippen LogP contribution in [0.25, 0.3) is 0 Å². The first-order chi connectivity index (χ1) is 10.0. The van der Waals surface area contributed by atoms with Crippen LogP contribution in [-0.4, -0.2) is 36.3 Å². The largest absolute Gasteiger partial charge is 0.368 e. The SMILES string of the molecule is NC(=O)CN(Cc1ccc(Br)cc1)C(=O)CC1CCNC1. The second-order valence-electron chi connectivity index (χ2n) is 5.41. The molecule has 2 rings (SSSR count). The zero-order chi connectivity index (χ0) is 15.2. The summed E-state index contributed by atoms with van der Waals surface area (Å²) in [6, 6.07) is 7.71. The van der Waals surface area contributed by atoms with Crippen molar-refractivity contribution in [2.45, 2.75) is 19.4 Å². The Morgan fingerprint density at radius 3 is 2.62 bits per heavy atom. The average molecular weight is 354 g/mol. The first kappa shape index (κ1) is 16.0. The van der Waals surface area contributed by atoms with Crippen molar-refractivity contribution in [1.82, 2.24) is 10.2 Å². The second-order valence-corrected chi connectivity index (χ2v) is 6.32. The van der Waals surface area contributed by atoms with Crippen molar-refractivity contribution in [3.8, 4) is 0 Å². The fourth-order valence-corrected chi connectivity index (χ4v) is 2.76. The maximum Gasteiger partial charge on any atom is 0.237 e. The smallest absolute Gasteiger partial charge is 0.237 e. The van der Waals surface area contributed by atoms with Gasteiger partial charge in [0.05, 0.1) is 6.54 Å². The summed E-state index contributed by atoms with van der Waals surface area (Å²) in [6.45, 7) is 2.21. The van der Waals surface area contributed by atoms with Crippen LogP contribution in [-0.2, 0) is 16.1 Å². The molecule has 0 aromatic heterocycles. The fraction of sp³-hybridized carbons (Fsp3) is 0.467. The lowest BCUT2D eigenvalue weighted by Gasteiger charge is -2.23. The first-order valence-electron chi connectivity index (χ1n) is 7.06. The monoisotopic (exact) mass is 353 g/mol. The van der Waals surface area contributed by atoms with Crippen LogP contribution in [0.4, 0.5) is 0 Å². The molecule has 3 N–H and O–H groups in total. The molecule has 1 heterocycles. The van der Waals surface area contributed by atoms with Gasteiger partial charge in [-0.2, -0.15) is 0 Å². The first-order valence-corrected chi connectivity index (χ1v) is 7.85. The molecule has 114 valence electrons. The Bertz CT molecular complexity index is 498. The lowest BCUT2D eigenvalue weighted by Crippen LogP contribution is -2.38. The molecule has 1 atom stereocenters. The number of nitrogens with one attached hydrogen (secondary N) is 1. The number of rotatable bonds is 6. The molecule has 5 nitrogen and oxygen atoms in total. The Morgan fingerprint density at radius 1 is 1.33 bits per heavy atom. The average Bonchev–Trinajstić information content (AvgIpc) is 2.93. The highest BCUT2D eigenvalue weighted by molar-refractivity contribution is 9.10. The number of benzene rings is 1. The summed E-state index contributed by atoms with van der Waals surface area (Å²) < 4.78 is 0.982. The number of nitrogens with two attached hydrogens (primary N) is 1. The number of amides is 2. The van der Waals surface area contributed by atoms with Gasteiger partial charge in [-0.25, -0.2) is 0 Å². The molecular formula is C15H20BrN3O2. The zero-order valence-electron chi connectivity index (χ0n) is 11.8. The number of nitrogens with zero attached hydrogens (tertiary/aromatic N) is 1. The third-order valence-electron chi connectivity index (χ3n) is 3.61. The topological polar surface area (TPSA) is 75.4 Å². The zero-order valence-corrected chi connectivity index (χ0v) is 13.4. The number of halogens is 1. The summed E-state index contributed by atoms with van der Waals surface area (Å²) in [4.78, 5) is 25.1. The van der Waals surface area contributed by atoms with Crippen molar-refractivity contribution in [2.75, 3.05) is 19.6 Å². The predicted octanol–water partition coefficient (Wildman–Crippen LogP) is 1.26. The third kappa shape index (κ3) is 5.13. The number of hydrogen-bond donors (Lipinski definition) is 2. The van der Waals surface area contributed by atoms with Gasteiger partial charge < -0.3 is 16.0 Å². The van der Waals surface area contributed by atoms with Crippen molar-refractivity contribution in [3.05, 3.63) is 34.3 Å². The molecule has 1 unspecified atom stereocenters. The summed E-state index contributed by atoms with van der Waals surface area (Å²) >= 11 is 3.38. The molecule has 0 aliphatic carbocycles. The molecule has 1 aromatic rings. The molecule has 21 heavy (non-hydrogen) atoms. The summed E-state index contributed by atoms with van der Waals surface area (Å²) in [5, 5.41) is 3.25. The quantitative estimate of drug-likeness (QED) is 0.808. The van der Waals surface area contributed by atoms with E-state index in [4.69, 9.17) is 5.73 Å². The van der Waals surface area contributed by atoms with Crippen LogP contribution in [0.15, 0.2) is 28.7 Å². The maximum absolute atomic E-state index is 12.4. The molecule has 1 saturated heterocycles. The molecule has 1 aromatic carbocycles.